The third-order valence-corrected chi connectivity index (χ3v) is 22.8. The molecule has 14 rings (SSSR count). The first kappa shape index (κ1) is 102. The lowest BCUT2D eigenvalue weighted by atomic mass is 9.96. The standard InChI is InChI=1S/C24H27NO5.C23H26N2O5.C18H20BrNO3.C18H19NO3.C9H8Br2O2.4H2S/c1-28-24(27)19-7-8-20-15-25(23(26)18-9-11-29-12-10-18)21(16-30-22(20)14-19)13-17-5-3-2-4-6-17;26-22(24-28)18-6-7-19-14-25(23(27)17-8-10-29-11-9-17)20(15-30-21(19)13-18)12-16-4-2-1-3-5-16;1-23-18(22)14-7-8-15(17(19)10-14)11-20-16(12-21)9-13-5-3-2-4-6-13;1-21-18(20)14-7-8-15-11-19-16(12-22-17(15)10-14)9-13-5-3-2-4-6-13;1-13-9(12)6-2-3-7(5-10)8(11)4-6;;;;/h2-8,14,18,21H,9-13,15-16H2,1H3;1-7,13,17,20,28H,8-12,14-15H2,(H,24,26);2-8,10,16,20-21H,9,11-12H2,1H3;2-8,10,16,19H,9,11-12H2,1H3;2-4H,5H2,1H3;4*1H2/t21-;20-;2*16-;;;;;/m0000...../s1. The second-order valence-electron chi connectivity index (χ2n) is 28.7. The molecule has 23 nitrogen and oxygen atoms in total. The van der Waals surface area contributed by atoms with Gasteiger partial charge in [-0.3, -0.25) is 19.6 Å². The van der Waals surface area contributed by atoms with Gasteiger partial charge in [0.2, 0.25) is 11.8 Å². The van der Waals surface area contributed by atoms with Gasteiger partial charge in [-0.25, -0.2) is 24.7 Å². The van der Waals surface area contributed by atoms with Crippen molar-refractivity contribution in [2.75, 3.05) is 81.3 Å². The van der Waals surface area contributed by atoms with Gasteiger partial charge in [-0.05, 0) is 145 Å². The molecular weight excluding hydrogens is 1830 g/mol. The van der Waals surface area contributed by atoms with Crippen molar-refractivity contribution in [1.82, 2.24) is 25.9 Å². The van der Waals surface area contributed by atoms with Gasteiger partial charge in [0.25, 0.3) is 5.91 Å². The number of methoxy groups -OCH3 is 4. The van der Waals surface area contributed by atoms with Gasteiger partial charge < -0.3 is 68.2 Å². The van der Waals surface area contributed by atoms with Gasteiger partial charge in [0, 0.05) is 113 Å². The van der Waals surface area contributed by atoms with Crippen LogP contribution in [-0.4, -0.2) is 167 Å². The third-order valence-electron chi connectivity index (χ3n) is 20.7. The van der Waals surface area contributed by atoms with Crippen molar-refractivity contribution in [3.05, 3.63) is 299 Å². The van der Waals surface area contributed by atoms with Crippen molar-refractivity contribution in [3.63, 3.8) is 0 Å². The molecule has 0 unspecified atom stereocenters. The zero-order chi connectivity index (χ0) is 83.7. The molecule has 2 fully saturated rings. The normalized spacial score (nSPS) is 15.9. The van der Waals surface area contributed by atoms with Crippen LogP contribution in [0.1, 0.15) is 128 Å². The van der Waals surface area contributed by atoms with E-state index >= 15 is 0 Å². The van der Waals surface area contributed by atoms with Crippen LogP contribution in [0.3, 0.4) is 0 Å². The minimum absolute atomic E-state index is 0. The Morgan fingerprint density at radius 1 is 0.459 bits per heavy atom. The fourth-order valence-electron chi connectivity index (χ4n) is 14.1. The van der Waals surface area contributed by atoms with Crippen LogP contribution in [0, 0.1) is 11.8 Å². The summed E-state index contributed by atoms with van der Waals surface area (Å²) in [5.74, 6) is 0.171. The minimum Gasteiger partial charge on any atom is -0.492 e. The molecule has 5 N–H and O–H groups in total. The lowest BCUT2D eigenvalue weighted by Gasteiger charge is -2.34. The zero-order valence-electron chi connectivity index (χ0n) is 68.5. The van der Waals surface area contributed by atoms with Gasteiger partial charge >= 0.3 is 23.9 Å². The highest BCUT2D eigenvalue weighted by molar-refractivity contribution is 9.11. The molecule has 5 heterocycles. The summed E-state index contributed by atoms with van der Waals surface area (Å²) < 4.78 is 49.6. The highest BCUT2D eigenvalue weighted by Gasteiger charge is 2.37. The van der Waals surface area contributed by atoms with Crippen LogP contribution in [0.15, 0.2) is 221 Å². The number of esters is 4. The summed E-state index contributed by atoms with van der Waals surface area (Å²) in [6.45, 7) is 6.04. The van der Waals surface area contributed by atoms with E-state index in [4.69, 9.17) is 43.1 Å². The molecule has 9 aromatic rings. The second-order valence-corrected chi connectivity index (χ2v) is 30.9. The summed E-state index contributed by atoms with van der Waals surface area (Å²) >= 11 is 10.2. The van der Waals surface area contributed by atoms with E-state index in [1.165, 1.54) is 39.6 Å². The molecule has 30 heteroatoms. The molecule has 0 radical (unpaired) electrons. The number of halogens is 3. The van der Waals surface area contributed by atoms with Crippen LogP contribution < -0.4 is 30.3 Å². The Bertz CT molecular complexity index is 4650. The van der Waals surface area contributed by atoms with Gasteiger partial charge in [-0.15, -0.1) is 0 Å². The number of carbonyl (C=O) groups is 7. The van der Waals surface area contributed by atoms with Crippen molar-refractivity contribution in [2.24, 2.45) is 11.8 Å². The largest absolute Gasteiger partial charge is 0.492 e. The van der Waals surface area contributed by atoms with Crippen LogP contribution in [0.4, 0.5) is 0 Å². The van der Waals surface area contributed by atoms with Crippen molar-refractivity contribution in [2.45, 2.75) is 107 Å². The molecule has 0 aliphatic carbocycles. The predicted molar refractivity (Wildman–Crippen MR) is 498 cm³/mol. The summed E-state index contributed by atoms with van der Waals surface area (Å²) in [4.78, 5) is 88.7. The van der Waals surface area contributed by atoms with Crippen LogP contribution >= 0.6 is 102 Å². The number of benzene rings is 9. The smallest absolute Gasteiger partial charge is 0.337 e. The second kappa shape index (κ2) is 53.4. The Labute approximate surface area is 766 Å². The molecule has 0 bridgehead atoms. The average molecular weight is 1940 g/mol. The first-order valence-electron chi connectivity index (χ1n) is 39.1. The number of nitrogens with one attached hydrogen (secondary N) is 3. The maximum Gasteiger partial charge on any atom is 0.337 e. The number of amides is 3. The zero-order valence-corrected chi connectivity index (χ0v) is 77.2. The molecule has 4 atom stereocenters. The first-order valence-corrected chi connectivity index (χ1v) is 41.8. The van der Waals surface area contributed by atoms with Crippen molar-refractivity contribution in [3.8, 4) is 17.2 Å². The van der Waals surface area contributed by atoms with Gasteiger partial charge in [-0.1, -0.05) is 199 Å². The SMILES string of the molecule is COC(=O)c1ccc(CBr)c(Br)c1.COC(=O)c1ccc(CN[C@H](CO)Cc2ccccc2)c(Br)c1.COC(=O)c1ccc2c(c1)OC[C@H](Cc1ccccc1)N(C(=O)C1CCOCC1)C2.COC(=O)c1ccc2c(c1)OC[C@H](Cc1ccccc1)NC2.O=C(NO)c1ccc2c(c1)OC[C@H](Cc1ccccc1)N(C(=O)C1CCOCC1)C2.S.S.S.S. The van der Waals surface area contributed by atoms with E-state index in [9.17, 15) is 38.7 Å². The molecule has 2 saturated heterocycles. The number of ether oxygens (including phenoxy) is 9. The minimum atomic E-state index is -0.596. The highest BCUT2D eigenvalue weighted by Crippen LogP contribution is 2.34. The Morgan fingerprint density at radius 3 is 1.22 bits per heavy atom. The lowest BCUT2D eigenvalue weighted by molar-refractivity contribution is -0.142. The van der Waals surface area contributed by atoms with E-state index in [0.717, 1.165) is 104 Å². The summed E-state index contributed by atoms with van der Waals surface area (Å²) in [6.07, 6.45) is 6.05. The summed E-state index contributed by atoms with van der Waals surface area (Å²) in [5.41, 5.74) is 13.7. The summed E-state index contributed by atoms with van der Waals surface area (Å²) in [7, 11) is 5.47. The topological polar surface area (TPSA) is 286 Å². The van der Waals surface area contributed by atoms with Crippen molar-refractivity contribution in [1.29, 1.82) is 0 Å². The quantitative estimate of drug-likeness (QED) is 0.0156. The molecule has 5 aliphatic rings. The number of hydroxylamine groups is 1. The number of nitrogens with zero attached hydrogens (tertiary/aromatic N) is 2. The van der Waals surface area contributed by atoms with Gasteiger partial charge in [0.05, 0.1) is 69.4 Å². The van der Waals surface area contributed by atoms with Gasteiger partial charge in [0.1, 0.15) is 37.1 Å². The summed E-state index contributed by atoms with van der Waals surface area (Å²) in [6, 6.07) is 67.1. The van der Waals surface area contributed by atoms with E-state index in [1.807, 2.05) is 119 Å². The fourth-order valence-corrected chi connectivity index (χ4v) is 16.0. The number of hydrogen-bond acceptors (Lipinski definition) is 20. The molecule has 9 aromatic carbocycles. The molecule has 0 saturated carbocycles. The Morgan fingerprint density at radius 2 is 0.820 bits per heavy atom. The number of alkyl halides is 1. The van der Waals surface area contributed by atoms with Gasteiger partial charge in [0.15, 0.2) is 0 Å². The first-order chi connectivity index (χ1) is 57.4. The monoisotopic (exact) mass is 1940 g/mol. The molecule has 0 spiro atoms. The molecule has 0 aromatic heterocycles. The Balaban J connectivity index is 0.000000239. The van der Waals surface area contributed by atoms with Crippen molar-refractivity contribution < 1.29 is 86.5 Å². The maximum absolute atomic E-state index is 13.5. The number of aliphatic hydroxyl groups is 1. The molecular formula is C92H108Br3N5O18S4. The number of hydrogen-bond donors (Lipinski definition) is 5. The van der Waals surface area contributed by atoms with E-state index in [-0.39, 0.29) is 126 Å². The Kier molecular flexibility index (Phi) is 44.7. The van der Waals surface area contributed by atoms with E-state index in [1.54, 1.807) is 72.2 Å². The Hall–Kier alpha value is -8.73. The number of carbonyl (C=O) groups excluding carboxylic acids is 7. The highest BCUT2D eigenvalue weighted by atomic mass is 79.9. The van der Waals surface area contributed by atoms with E-state index < -0.39 is 11.9 Å². The van der Waals surface area contributed by atoms with Crippen LogP contribution in [0.2, 0.25) is 0 Å². The number of fused-ring (bicyclic) bond motifs is 3. The summed E-state index contributed by atoms with van der Waals surface area (Å²) in [5, 5.41) is 26.1. The van der Waals surface area contributed by atoms with Crippen LogP contribution in [-0.2, 0) is 95.2 Å². The number of aliphatic hydroxyl groups excluding tert-OH is 1. The maximum atomic E-state index is 13.5. The van der Waals surface area contributed by atoms with E-state index in [2.05, 4.69) is 99.6 Å². The molecule has 5 aliphatic heterocycles. The fraction of sp³-hybridized carbons (Fsp3) is 0.337. The van der Waals surface area contributed by atoms with Crippen LogP contribution in [0.25, 0.3) is 0 Å². The molecule has 3 amide bonds. The lowest BCUT2D eigenvalue weighted by Crippen LogP contribution is -2.46. The van der Waals surface area contributed by atoms with Gasteiger partial charge in [-0.2, -0.15) is 54.0 Å². The predicted octanol–water partition coefficient (Wildman–Crippen LogP) is 14.9. The molecule has 122 heavy (non-hydrogen) atoms. The van der Waals surface area contributed by atoms with E-state index in [0.29, 0.717) is 118 Å². The third kappa shape index (κ3) is 30.3. The van der Waals surface area contributed by atoms with Crippen molar-refractivity contribution >= 4 is 143 Å². The number of rotatable bonds is 20. The van der Waals surface area contributed by atoms with Crippen LogP contribution in [0.5, 0.6) is 17.2 Å². The molecule has 654 valence electrons. The average Bonchev–Trinajstić information content (AvgIpc) is 1.64.